The largest absolute Gasteiger partial charge is 0.480 e. The van der Waals surface area contributed by atoms with Crippen LogP contribution in [0, 0.1) is 11.8 Å². The molecule has 1 aliphatic heterocycles. The predicted molar refractivity (Wildman–Crippen MR) is 159 cm³/mol. The number of amides is 4. The molecule has 12 heteroatoms. The number of primary amides is 1. The van der Waals surface area contributed by atoms with Gasteiger partial charge in [-0.2, -0.15) is 0 Å². The minimum absolute atomic E-state index is 0.158. The fraction of sp³-hybridized carbons (Fsp3) is 0.633. The third kappa shape index (κ3) is 11.1. The number of benzene rings is 1. The molecule has 1 aliphatic rings. The molecule has 1 saturated heterocycles. The number of nitrogens with two attached hydrogens (primary N) is 2. The molecule has 0 aromatic heterocycles. The monoisotopic (exact) mass is 588 g/mol. The number of aliphatic carboxylic acids is 1. The molecular formula is C30H48N6O6. The van der Waals surface area contributed by atoms with Crippen molar-refractivity contribution in [1.29, 1.82) is 0 Å². The number of nitrogens with zero attached hydrogens (tertiary/aromatic N) is 1. The molecular weight excluding hydrogens is 540 g/mol. The van der Waals surface area contributed by atoms with Crippen LogP contribution in [0.25, 0.3) is 0 Å². The van der Waals surface area contributed by atoms with E-state index in [-0.39, 0.29) is 17.7 Å². The second kappa shape index (κ2) is 16.8. The standard InChI is InChI=1S/C30H48N6O6/c1-5-19(4)26(30(41)42)35-29(40)24-12-9-13-36(24)17-21(15-20-10-7-6-8-11-20)33-28(39)23(16-25(32)37)34-27(38)22(31)14-18(2)3/h6-8,10-11,18-19,21-24,26H,5,9,12-17,31H2,1-4H3,(H2,32,37)(H,33,39)(H,34,38)(H,35,40)(H,41,42)/t19-,21?,22-,23-,24-,26-/m0/s1. The van der Waals surface area contributed by atoms with E-state index in [2.05, 4.69) is 16.0 Å². The Bertz CT molecular complexity index is 1070. The highest BCUT2D eigenvalue weighted by Crippen LogP contribution is 2.20. The van der Waals surface area contributed by atoms with Crippen LogP contribution in [0.1, 0.15) is 65.4 Å². The molecule has 0 aliphatic carbocycles. The quantitative estimate of drug-likeness (QED) is 0.151. The van der Waals surface area contributed by atoms with Crippen LogP contribution >= 0.6 is 0 Å². The lowest BCUT2D eigenvalue weighted by Crippen LogP contribution is -2.57. The molecule has 8 N–H and O–H groups in total. The summed E-state index contributed by atoms with van der Waals surface area (Å²) < 4.78 is 0. The van der Waals surface area contributed by atoms with Crippen LogP contribution in [0.5, 0.6) is 0 Å². The zero-order chi connectivity index (χ0) is 31.4. The van der Waals surface area contributed by atoms with Crippen molar-refractivity contribution in [2.45, 2.75) is 96.4 Å². The highest BCUT2D eigenvalue weighted by Gasteiger charge is 2.36. The maximum absolute atomic E-state index is 13.4. The molecule has 12 nitrogen and oxygen atoms in total. The van der Waals surface area contributed by atoms with Crippen LogP contribution < -0.4 is 27.4 Å². The predicted octanol–water partition coefficient (Wildman–Crippen LogP) is 0.527. The van der Waals surface area contributed by atoms with E-state index in [0.29, 0.717) is 38.8 Å². The molecule has 234 valence electrons. The topological polar surface area (TPSA) is 197 Å². The number of rotatable bonds is 17. The van der Waals surface area contributed by atoms with E-state index < -0.39 is 60.3 Å². The minimum Gasteiger partial charge on any atom is -0.480 e. The van der Waals surface area contributed by atoms with Gasteiger partial charge in [-0.25, -0.2) is 4.79 Å². The van der Waals surface area contributed by atoms with Crippen molar-refractivity contribution in [2.75, 3.05) is 13.1 Å². The highest BCUT2D eigenvalue weighted by molar-refractivity contribution is 5.93. The van der Waals surface area contributed by atoms with E-state index in [0.717, 1.165) is 12.0 Å². The average Bonchev–Trinajstić information content (AvgIpc) is 3.38. The van der Waals surface area contributed by atoms with Crippen LogP contribution in [0.15, 0.2) is 30.3 Å². The molecule has 42 heavy (non-hydrogen) atoms. The zero-order valence-corrected chi connectivity index (χ0v) is 25.2. The van der Waals surface area contributed by atoms with E-state index in [9.17, 15) is 29.1 Å². The highest BCUT2D eigenvalue weighted by atomic mass is 16.4. The lowest BCUT2D eigenvalue weighted by atomic mass is 9.98. The molecule has 2 rings (SSSR count). The van der Waals surface area contributed by atoms with Crippen molar-refractivity contribution < 1.29 is 29.1 Å². The van der Waals surface area contributed by atoms with Crippen molar-refractivity contribution >= 4 is 29.6 Å². The van der Waals surface area contributed by atoms with Crippen molar-refractivity contribution in [1.82, 2.24) is 20.9 Å². The molecule has 1 fully saturated rings. The Balaban J connectivity index is 2.22. The molecule has 1 unspecified atom stereocenters. The van der Waals surface area contributed by atoms with Gasteiger partial charge in [0.15, 0.2) is 0 Å². The lowest BCUT2D eigenvalue weighted by Gasteiger charge is -2.31. The summed E-state index contributed by atoms with van der Waals surface area (Å²) in [5, 5.41) is 17.9. The molecule has 0 radical (unpaired) electrons. The molecule has 1 aromatic carbocycles. The maximum Gasteiger partial charge on any atom is 0.326 e. The second-order valence-corrected chi connectivity index (χ2v) is 11.7. The van der Waals surface area contributed by atoms with Crippen molar-refractivity contribution in [3.8, 4) is 0 Å². The first kappa shape index (κ1) is 34.7. The van der Waals surface area contributed by atoms with Gasteiger partial charge in [-0.15, -0.1) is 0 Å². The Morgan fingerprint density at radius 1 is 1.02 bits per heavy atom. The molecule has 4 amide bonds. The molecule has 1 aromatic rings. The van der Waals surface area contributed by atoms with Crippen LogP contribution in [0.3, 0.4) is 0 Å². The van der Waals surface area contributed by atoms with Gasteiger partial charge in [0.1, 0.15) is 12.1 Å². The molecule has 0 bridgehead atoms. The van der Waals surface area contributed by atoms with Crippen LogP contribution in [-0.4, -0.2) is 82.9 Å². The second-order valence-electron chi connectivity index (χ2n) is 11.7. The van der Waals surface area contributed by atoms with Crippen LogP contribution in [-0.2, 0) is 30.4 Å². The Morgan fingerprint density at radius 2 is 1.69 bits per heavy atom. The molecule has 0 spiro atoms. The lowest BCUT2D eigenvalue weighted by molar-refractivity contribution is -0.144. The summed E-state index contributed by atoms with van der Waals surface area (Å²) in [4.78, 5) is 64.9. The number of likely N-dealkylation sites (tertiary alicyclic amines) is 1. The van der Waals surface area contributed by atoms with Gasteiger partial charge in [0, 0.05) is 12.6 Å². The number of hydrogen-bond acceptors (Lipinski definition) is 7. The summed E-state index contributed by atoms with van der Waals surface area (Å²) in [6.07, 6.45) is 2.32. The SMILES string of the molecule is CC[C@H](C)[C@H](NC(=O)[C@@H]1CCCN1CC(Cc1ccccc1)NC(=O)[C@H](CC(N)=O)NC(=O)[C@@H](N)CC(C)C)C(=O)O. The first-order valence-corrected chi connectivity index (χ1v) is 14.8. The first-order valence-electron chi connectivity index (χ1n) is 14.8. The summed E-state index contributed by atoms with van der Waals surface area (Å²) in [5.74, 6) is -3.39. The van der Waals surface area contributed by atoms with E-state index in [1.807, 2.05) is 56.0 Å². The molecule has 0 saturated carbocycles. The number of nitrogens with one attached hydrogen (secondary N) is 3. The van der Waals surface area contributed by atoms with Gasteiger partial charge in [0.25, 0.3) is 0 Å². The van der Waals surface area contributed by atoms with Gasteiger partial charge in [-0.05, 0) is 49.6 Å². The normalized spacial score (nSPS) is 18.9. The third-order valence-corrected chi connectivity index (χ3v) is 7.67. The van der Waals surface area contributed by atoms with Gasteiger partial charge in [-0.1, -0.05) is 64.4 Å². The fourth-order valence-electron chi connectivity index (χ4n) is 5.22. The number of carboxylic acid groups (broad SMARTS) is 1. The van der Waals surface area contributed by atoms with E-state index in [1.54, 1.807) is 6.92 Å². The number of carbonyl (C=O) groups excluding carboxylic acids is 4. The minimum atomic E-state index is -1.21. The van der Waals surface area contributed by atoms with E-state index >= 15 is 0 Å². The van der Waals surface area contributed by atoms with Crippen LogP contribution in [0.4, 0.5) is 0 Å². The third-order valence-electron chi connectivity index (χ3n) is 7.67. The van der Waals surface area contributed by atoms with Crippen molar-refractivity contribution in [2.24, 2.45) is 23.3 Å². The smallest absolute Gasteiger partial charge is 0.326 e. The summed E-state index contributed by atoms with van der Waals surface area (Å²) in [7, 11) is 0. The van der Waals surface area contributed by atoms with Gasteiger partial charge in [0.2, 0.25) is 23.6 Å². The molecule has 1 heterocycles. The van der Waals surface area contributed by atoms with Gasteiger partial charge in [-0.3, -0.25) is 24.1 Å². The summed E-state index contributed by atoms with van der Waals surface area (Å²) in [5.41, 5.74) is 12.3. The van der Waals surface area contributed by atoms with Gasteiger partial charge < -0.3 is 32.5 Å². The van der Waals surface area contributed by atoms with Gasteiger partial charge in [0.05, 0.1) is 18.5 Å². The first-order chi connectivity index (χ1) is 19.8. The fourth-order valence-corrected chi connectivity index (χ4v) is 5.22. The number of carbonyl (C=O) groups is 5. The number of carboxylic acids is 1. The van der Waals surface area contributed by atoms with Crippen molar-refractivity contribution in [3.05, 3.63) is 35.9 Å². The van der Waals surface area contributed by atoms with Crippen LogP contribution in [0.2, 0.25) is 0 Å². The van der Waals surface area contributed by atoms with Crippen molar-refractivity contribution in [3.63, 3.8) is 0 Å². The summed E-state index contributed by atoms with van der Waals surface area (Å²) >= 11 is 0. The Kier molecular flexibility index (Phi) is 13.9. The number of hydrogen-bond donors (Lipinski definition) is 6. The Morgan fingerprint density at radius 3 is 2.26 bits per heavy atom. The zero-order valence-electron chi connectivity index (χ0n) is 25.2. The molecule has 6 atom stereocenters. The maximum atomic E-state index is 13.4. The Labute approximate surface area is 248 Å². The summed E-state index contributed by atoms with van der Waals surface area (Å²) in [6, 6.07) is 5.39. The Hall–Kier alpha value is -3.51. The van der Waals surface area contributed by atoms with E-state index in [4.69, 9.17) is 11.5 Å². The average molecular weight is 589 g/mol. The van der Waals surface area contributed by atoms with E-state index in [1.165, 1.54) is 0 Å². The van der Waals surface area contributed by atoms with Gasteiger partial charge >= 0.3 is 5.97 Å². The summed E-state index contributed by atoms with van der Waals surface area (Å²) in [6.45, 7) is 8.39.